The second kappa shape index (κ2) is 4.33. The van der Waals surface area contributed by atoms with E-state index in [2.05, 4.69) is 0 Å². The number of hydrogen-bond acceptors (Lipinski definition) is 4. The first kappa shape index (κ1) is 11.9. The van der Waals surface area contributed by atoms with Gasteiger partial charge < -0.3 is 4.74 Å². The minimum atomic E-state index is -3.56. The topological polar surface area (TPSA) is 60.4 Å². The number of rotatable bonds is 2. The molecule has 2 rings (SSSR count). The Morgan fingerprint density at radius 3 is 2.41 bits per heavy atom. The smallest absolute Gasteiger partial charge is 0.334 e. The number of aryl methyl sites for hydroxylation is 1. The molecule has 1 aromatic carbocycles. The maximum absolute atomic E-state index is 12.0. The Kier molecular flexibility index (Phi) is 3.02. The summed E-state index contributed by atoms with van der Waals surface area (Å²) < 4.78 is 28.6. The number of benzene rings is 1. The average Bonchev–Trinajstić information content (AvgIpc) is 2.64. The van der Waals surface area contributed by atoms with Crippen LogP contribution in [0.2, 0.25) is 0 Å². The van der Waals surface area contributed by atoms with Gasteiger partial charge in [-0.1, -0.05) is 17.7 Å². The summed E-state index contributed by atoms with van der Waals surface area (Å²) in [6.07, 6.45) is 0.351. The summed E-state index contributed by atoms with van der Waals surface area (Å²) in [6, 6.07) is 6.50. The zero-order valence-corrected chi connectivity index (χ0v) is 10.2. The predicted octanol–water partition coefficient (Wildman–Crippen LogP) is 1.60. The Morgan fingerprint density at radius 2 is 1.88 bits per heavy atom. The molecule has 0 unspecified atom stereocenters. The summed E-state index contributed by atoms with van der Waals surface area (Å²) >= 11 is 0. The van der Waals surface area contributed by atoms with E-state index in [0.717, 1.165) is 11.0 Å². The van der Waals surface area contributed by atoms with Gasteiger partial charge in [-0.2, -0.15) is 0 Å². The maximum atomic E-state index is 12.0. The lowest BCUT2D eigenvalue weighted by Crippen LogP contribution is -2.01. The number of sulfone groups is 1. The predicted molar refractivity (Wildman–Crippen MR) is 62.0 cm³/mol. The summed E-state index contributed by atoms with van der Waals surface area (Å²) in [4.78, 5) is 11.4. The molecule has 1 heterocycles. The van der Waals surface area contributed by atoms with Gasteiger partial charge >= 0.3 is 5.97 Å². The molecule has 17 heavy (non-hydrogen) atoms. The lowest BCUT2D eigenvalue weighted by atomic mass is 10.2. The number of hydrogen-bond donors (Lipinski definition) is 0. The highest BCUT2D eigenvalue weighted by Gasteiger charge is 2.22. The summed E-state index contributed by atoms with van der Waals surface area (Å²) in [5.41, 5.74) is 1.20. The van der Waals surface area contributed by atoms with Crippen molar-refractivity contribution in [2.24, 2.45) is 0 Å². The van der Waals surface area contributed by atoms with E-state index < -0.39 is 15.8 Å². The van der Waals surface area contributed by atoms with Gasteiger partial charge in [-0.25, -0.2) is 13.2 Å². The normalized spacial score (nSPS) is 18.4. The van der Waals surface area contributed by atoms with E-state index in [4.69, 9.17) is 4.74 Å². The van der Waals surface area contributed by atoms with Crippen molar-refractivity contribution in [3.8, 4) is 0 Å². The minimum absolute atomic E-state index is 0.190. The Balaban J connectivity index is 2.37. The van der Waals surface area contributed by atoms with Gasteiger partial charge in [0.25, 0.3) is 0 Å². The van der Waals surface area contributed by atoms with Crippen LogP contribution in [0.4, 0.5) is 0 Å². The Labute approximate surface area is 99.8 Å². The van der Waals surface area contributed by atoms with Crippen LogP contribution in [0.3, 0.4) is 0 Å². The van der Waals surface area contributed by atoms with Gasteiger partial charge in [-0.05, 0) is 19.1 Å². The van der Waals surface area contributed by atoms with Gasteiger partial charge in [-0.15, -0.1) is 0 Å². The number of esters is 1. The van der Waals surface area contributed by atoms with Crippen molar-refractivity contribution in [2.45, 2.75) is 18.2 Å². The van der Waals surface area contributed by atoms with E-state index in [-0.39, 0.29) is 17.1 Å². The zero-order valence-electron chi connectivity index (χ0n) is 9.34. The van der Waals surface area contributed by atoms with Gasteiger partial charge in [0, 0.05) is 11.8 Å². The van der Waals surface area contributed by atoms with Gasteiger partial charge in [0.05, 0.1) is 17.1 Å². The van der Waals surface area contributed by atoms with Crippen LogP contribution in [0.5, 0.6) is 0 Å². The van der Waals surface area contributed by atoms with Crippen LogP contribution in [-0.2, 0) is 19.4 Å². The highest BCUT2D eigenvalue weighted by Crippen LogP contribution is 2.19. The summed E-state index contributed by atoms with van der Waals surface area (Å²) in [5, 5.41) is 1.01. The van der Waals surface area contributed by atoms with Crippen LogP contribution in [0.25, 0.3) is 0 Å². The summed E-state index contributed by atoms with van der Waals surface area (Å²) in [6.45, 7) is 2.14. The van der Waals surface area contributed by atoms with Gasteiger partial charge in [0.2, 0.25) is 0 Å². The van der Waals surface area contributed by atoms with E-state index in [0.29, 0.717) is 6.42 Å². The summed E-state index contributed by atoms with van der Waals surface area (Å²) in [7, 11) is -3.56. The molecule has 0 spiro atoms. The first-order valence-corrected chi connectivity index (χ1v) is 6.73. The van der Waals surface area contributed by atoms with E-state index in [1.807, 2.05) is 6.92 Å². The van der Waals surface area contributed by atoms with Crippen molar-refractivity contribution in [1.29, 1.82) is 0 Å². The van der Waals surface area contributed by atoms with Crippen LogP contribution < -0.4 is 0 Å². The molecule has 4 nitrogen and oxygen atoms in total. The Morgan fingerprint density at radius 1 is 1.24 bits per heavy atom. The minimum Gasteiger partial charge on any atom is -0.462 e. The largest absolute Gasteiger partial charge is 0.462 e. The molecule has 1 aliphatic rings. The molecule has 1 fully saturated rings. The van der Waals surface area contributed by atoms with Crippen molar-refractivity contribution >= 4 is 15.8 Å². The molecule has 1 aromatic rings. The average molecular weight is 252 g/mol. The lowest BCUT2D eigenvalue weighted by Gasteiger charge is -2.00. The molecule has 1 aliphatic heterocycles. The summed E-state index contributed by atoms with van der Waals surface area (Å²) in [5.74, 6) is -0.541. The maximum Gasteiger partial charge on any atom is 0.334 e. The monoisotopic (exact) mass is 252 g/mol. The quantitative estimate of drug-likeness (QED) is 0.592. The van der Waals surface area contributed by atoms with Crippen LogP contribution >= 0.6 is 0 Å². The highest BCUT2D eigenvalue weighted by molar-refractivity contribution is 7.94. The third-order valence-corrected chi connectivity index (χ3v) is 4.04. The molecule has 0 aromatic heterocycles. The molecular weight excluding hydrogens is 240 g/mol. The third kappa shape index (κ3) is 2.55. The van der Waals surface area contributed by atoms with Gasteiger partial charge in [0.1, 0.15) is 0 Å². The molecule has 90 valence electrons. The van der Waals surface area contributed by atoms with Crippen LogP contribution in [0.1, 0.15) is 12.0 Å². The standard InChI is InChI=1S/C12H12O4S/c1-9-2-4-11(5-3-9)17(14,15)8-10-6-7-16-12(10)13/h2-5,8H,6-7H2,1H3/b10-8+. The number of cyclic esters (lactones) is 1. The first-order valence-electron chi connectivity index (χ1n) is 5.18. The molecular formula is C12H12O4S. The zero-order chi connectivity index (χ0) is 12.5. The van der Waals surface area contributed by atoms with Crippen molar-refractivity contribution in [3.63, 3.8) is 0 Å². The van der Waals surface area contributed by atoms with Crippen LogP contribution in [0, 0.1) is 6.92 Å². The Hall–Kier alpha value is -1.62. The molecule has 0 saturated carbocycles. The SMILES string of the molecule is Cc1ccc(S(=O)(=O)/C=C2\CCOC2=O)cc1. The van der Waals surface area contributed by atoms with Crippen LogP contribution in [-0.4, -0.2) is 21.0 Å². The van der Waals surface area contributed by atoms with E-state index in [1.54, 1.807) is 12.1 Å². The van der Waals surface area contributed by atoms with E-state index in [9.17, 15) is 13.2 Å². The second-order valence-electron chi connectivity index (χ2n) is 3.89. The highest BCUT2D eigenvalue weighted by atomic mass is 32.2. The van der Waals surface area contributed by atoms with Crippen molar-refractivity contribution in [1.82, 2.24) is 0 Å². The first-order chi connectivity index (χ1) is 7.99. The van der Waals surface area contributed by atoms with Crippen molar-refractivity contribution in [2.75, 3.05) is 6.61 Å². The number of ether oxygens (including phenoxy) is 1. The molecule has 0 atom stereocenters. The fourth-order valence-corrected chi connectivity index (χ4v) is 2.78. The molecule has 5 heteroatoms. The molecule has 0 N–H and O–H groups in total. The van der Waals surface area contributed by atoms with Crippen molar-refractivity contribution in [3.05, 3.63) is 40.8 Å². The van der Waals surface area contributed by atoms with E-state index >= 15 is 0 Å². The molecule has 1 saturated heterocycles. The van der Waals surface area contributed by atoms with E-state index in [1.165, 1.54) is 12.1 Å². The van der Waals surface area contributed by atoms with Crippen LogP contribution in [0.15, 0.2) is 40.1 Å². The third-order valence-electron chi connectivity index (χ3n) is 2.51. The van der Waals surface area contributed by atoms with Crippen molar-refractivity contribution < 1.29 is 17.9 Å². The molecule has 0 amide bonds. The molecule has 0 bridgehead atoms. The number of carbonyl (C=O) groups is 1. The van der Waals surface area contributed by atoms with Gasteiger partial charge in [-0.3, -0.25) is 0 Å². The fraction of sp³-hybridized carbons (Fsp3) is 0.250. The molecule has 0 radical (unpaired) electrons. The Bertz CT molecular complexity index is 567. The molecule has 0 aliphatic carbocycles. The van der Waals surface area contributed by atoms with Gasteiger partial charge in [0.15, 0.2) is 9.84 Å². The number of carbonyl (C=O) groups excluding carboxylic acids is 1. The second-order valence-corrected chi connectivity index (χ2v) is 5.68. The lowest BCUT2D eigenvalue weighted by molar-refractivity contribution is -0.135. The fourth-order valence-electron chi connectivity index (χ4n) is 1.54.